The Hall–Kier alpha value is -2.36. The molecule has 2 rings (SSSR count). The highest BCUT2D eigenvalue weighted by molar-refractivity contribution is 5.66. The van der Waals surface area contributed by atoms with Crippen LogP contribution in [0.2, 0.25) is 0 Å². The lowest BCUT2D eigenvalue weighted by Gasteiger charge is -2.07. The van der Waals surface area contributed by atoms with E-state index in [1.807, 2.05) is 42.5 Å². The Bertz CT molecular complexity index is 552. The van der Waals surface area contributed by atoms with E-state index in [2.05, 4.69) is 4.98 Å². The normalized spacial score (nSPS) is 10.3. The summed E-state index contributed by atoms with van der Waals surface area (Å²) in [6, 6.07) is 13.7. The van der Waals surface area contributed by atoms with Crippen molar-refractivity contribution in [1.29, 1.82) is 0 Å². The van der Waals surface area contributed by atoms with Crippen LogP contribution in [0.1, 0.15) is 24.1 Å². The molecule has 0 aliphatic carbocycles. The number of pyridine rings is 1. The van der Waals surface area contributed by atoms with Gasteiger partial charge >= 0.3 is 5.97 Å². The summed E-state index contributed by atoms with van der Waals surface area (Å²) < 4.78 is 5.67. The zero-order valence-electron chi connectivity index (χ0n) is 11.9. The molecule has 0 radical (unpaired) electrons. The second-order valence-electron chi connectivity index (χ2n) is 4.81. The van der Waals surface area contributed by atoms with Crippen molar-refractivity contribution < 1.29 is 14.6 Å². The number of carbonyl (C=O) groups is 1. The van der Waals surface area contributed by atoms with Gasteiger partial charge in [0.05, 0.1) is 6.61 Å². The van der Waals surface area contributed by atoms with E-state index in [9.17, 15) is 4.79 Å². The van der Waals surface area contributed by atoms with Gasteiger partial charge in [0.1, 0.15) is 5.75 Å². The highest BCUT2D eigenvalue weighted by atomic mass is 16.5. The molecule has 1 aromatic carbocycles. The van der Waals surface area contributed by atoms with Crippen LogP contribution in [-0.4, -0.2) is 22.7 Å². The van der Waals surface area contributed by atoms with Gasteiger partial charge in [-0.05, 0) is 42.7 Å². The summed E-state index contributed by atoms with van der Waals surface area (Å²) in [5, 5.41) is 8.60. The summed E-state index contributed by atoms with van der Waals surface area (Å²) in [4.78, 5) is 14.7. The van der Waals surface area contributed by atoms with E-state index < -0.39 is 5.97 Å². The van der Waals surface area contributed by atoms with Gasteiger partial charge in [-0.2, -0.15) is 0 Å². The first-order valence-corrected chi connectivity index (χ1v) is 7.07. The molecule has 0 aliphatic heterocycles. The number of ether oxygens (including phenoxy) is 1. The third kappa shape index (κ3) is 5.65. The molecule has 0 fully saturated rings. The molecular formula is C17H19NO3. The molecule has 0 amide bonds. The molecule has 1 aromatic heterocycles. The number of rotatable bonds is 8. The first-order valence-electron chi connectivity index (χ1n) is 7.07. The van der Waals surface area contributed by atoms with Crippen molar-refractivity contribution in [3.05, 3.63) is 59.9 Å². The third-order valence-electron chi connectivity index (χ3n) is 3.13. The Balaban J connectivity index is 1.73. The van der Waals surface area contributed by atoms with Crippen LogP contribution in [0, 0.1) is 0 Å². The van der Waals surface area contributed by atoms with Crippen LogP contribution >= 0.6 is 0 Å². The fourth-order valence-electron chi connectivity index (χ4n) is 2.02. The number of aromatic nitrogens is 1. The minimum atomic E-state index is -0.746. The maximum Gasteiger partial charge on any atom is 0.303 e. The summed E-state index contributed by atoms with van der Waals surface area (Å²) in [7, 11) is 0. The molecule has 0 spiro atoms. The van der Waals surface area contributed by atoms with Crippen LogP contribution in [0.5, 0.6) is 5.75 Å². The maximum absolute atomic E-state index is 10.5. The quantitative estimate of drug-likeness (QED) is 0.809. The third-order valence-corrected chi connectivity index (χ3v) is 3.13. The number of hydrogen-bond acceptors (Lipinski definition) is 3. The van der Waals surface area contributed by atoms with E-state index >= 15 is 0 Å². The summed E-state index contributed by atoms with van der Waals surface area (Å²) in [5.41, 5.74) is 2.15. The fraction of sp³-hybridized carbons (Fsp3) is 0.294. The lowest BCUT2D eigenvalue weighted by Crippen LogP contribution is -2.02. The molecule has 0 aliphatic rings. The van der Waals surface area contributed by atoms with Crippen LogP contribution in [0.25, 0.3) is 0 Å². The largest absolute Gasteiger partial charge is 0.493 e. The highest BCUT2D eigenvalue weighted by Gasteiger charge is 2.00. The second kappa shape index (κ2) is 8.04. The van der Waals surface area contributed by atoms with Crippen molar-refractivity contribution in [3.63, 3.8) is 0 Å². The first-order chi connectivity index (χ1) is 10.2. The minimum Gasteiger partial charge on any atom is -0.493 e. The second-order valence-corrected chi connectivity index (χ2v) is 4.81. The van der Waals surface area contributed by atoms with Crippen molar-refractivity contribution in [2.24, 2.45) is 0 Å². The van der Waals surface area contributed by atoms with Crippen molar-refractivity contribution >= 4 is 5.97 Å². The van der Waals surface area contributed by atoms with E-state index in [0.29, 0.717) is 13.0 Å². The van der Waals surface area contributed by atoms with Gasteiger partial charge in [-0.1, -0.05) is 18.2 Å². The predicted molar refractivity (Wildman–Crippen MR) is 80.5 cm³/mol. The predicted octanol–water partition coefficient (Wildman–Crippen LogP) is 3.11. The van der Waals surface area contributed by atoms with E-state index in [1.54, 1.807) is 6.20 Å². The summed E-state index contributed by atoms with van der Waals surface area (Å²) in [6.07, 6.45) is 4.21. The van der Waals surface area contributed by atoms with Gasteiger partial charge < -0.3 is 9.84 Å². The van der Waals surface area contributed by atoms with Crippen molar-refractivity contribution in [1.82, 2.24) is 4.98 Å². The number of benzene rings is 1. The molecule has 1 heterocycles. The average Bonchev–Trinajstić information content (AvgIpc) is 2.50. The Labute approximate surface area is 124 Å². The highest BCUT2D eigenvalue weighted by Crippen LogP contribution is 2.14. The van der Waals surface area contributed by atoms with Crippen LogP contribution in [0.3, 0.4) is 0 Å². The number of hydrogen-bond donors (Lipinski definition) is 1. The van der Waals surface area contributed by atoms with Crippen LogP contribution < -0.4 is 4.74 Å². The molecule has 110 valence electrons. The van der Waals surface area contributed by atoms with E-state index in [1.165, 1.54) is 0 Å². The monoisotopic (exact) mass is 285 g/mol. The van der Waals surface area contributed by atoms with Crippen molar-refractivity contribution in [2.75, 3.05) is 6.61 Å². The molecule has 2 aromatic rings. The van der Waals surface area contributed by atoms with Crippen molar-refractivity contribution in [3.8, 4) is 5.75 Å². The standard InChI is InChI=1S/C17H19NO3/c19-17(20)6-3-4-14-7-9-16(10-8-14)21-13-11-15-5-1-2-12-18-15/h1-2,5,7-10,12H,3-4,6,11,13H2,(H,19,20). The molecular weight excluding hydrogens is 266 g/mol. The lowest BCUT2D eigenvalue weighted by molar-refractivity contribution is -0.137. The van der Waals surface area contributed by atoms with Gasteiger partial charge in [0.15, 0.2) is 0 Å². The summed E-state index contributed by atoms with van der Waals surface area (Å²) in [5.74, 6) is 0.0809. The van der Waals surface area contributed by atoms with E-state index in [0.717, 1.165) is 29.8 Å². The number of nitrogens with zero attached hydrogens (tertiary/aromatic N) is 1. The molecule has 21 heavy (non-hydrogen) atoms. The Kier molecular flexibility index (Phi) is 5.76. The van der Waals surface area contributed by atoms with Gasteiger partial charge in [0.2, 0.25) is 0 Å². The van der Waals surface area contributed by atoms with Gasteiger partial charge in [-0.3, -0.25) is 9.78 Å². The molecule has 4 nitrogen and oxygen atoms in total. The first kappa shape index (κ1) is 15.0. The topological polar surface area (TPSA) is 59.4 Å². The van der Waals surface area contributed by atoms with Gasteiger partial charge in [0.25, 0.3) is 0 Å². The lowest BCUT2D eigenvalue weighted by atomic mass is 10.1. The van der Waals surface area contributed by atoms with E-state index in [-0.39, 0.29) is 6.42 Å². The fourth-order valence-corrected chi connectivity index (χ4v) is 2.02. The molecule has 0 saturated heterocycles. The zero-order chi connectivity index (χ0) is 14.9. The number of aliphatic carboxylic acids is 1. The molecule has 0 saturated carbocycles. The average molecular weight is 285 g/mol. The molecule has 1 N–H and O–H groups in total. The number of carboxylic acid groups (broad SMARTS) is 1. The van der Waals surface area contributed by atoms with Gasteiger partial charge in [-0.25, -0.2) is 0 Å². The summed E-state index contributed by atoms with van der Waals surface area (Å²) in [6.45, 7) is 0.593. The maximum atomic E-state index is 10.5. The Morgan fingerprint density at radius 3 is 2.57 bits per heavy atom. The smallest absolute Gasteiger partial charge is 0.303 e. The summed E-state index contributed by atoms with van der Waals surface area (Å²) >= 11 is 0. The van der Waals surface area contributed by atoms with Crippen LogP contribution in [0.15, 0.2) is 48.7 Å². The van der Waals surface area contributed by atoms with E-state index in [4.69, 9.17) is 9.84 Å². The van der Waals surface area contributed by atoms with Crippen molar-refractivity contribution in [2.45, 2.75) is 25.7 Å². The number of aryl methyl sites for hydroxylation is 1. The molecule has 0 atom stereocenters. The Morgan fingerprint density at radius 2 is 1.90 bits per heavy atom. The molecule has 4 heteroatoms. The zero-order valence-corrected chi connectivity index (χ0v) is 11.9. The van der Waals surface area contributed by atoms with Gasteiger partial charge in [-0.15, -0.1) is 0 Å². The minimum absolute atomic E-state index is 0.211. The molecule has 0 unspecified atom stereocenters. The molecule has 0 bridgehead atoms. The van der Waals surface area contributed by atoms with Crippen LogP contribution in [-0.2, 0) is 17.6 Å². The Morgan fingerprint density at radius 1 is 1.10 bits per heavy atom. The number of carboxylic acids is 1. The van der Waals surface area contributed by atoms with Gasteiger partial charge in [0, 0.05) is 24.7 Å². The SMILES string of the molecule is O=C(O)CCCc1ccc(OCCc2ccccn2)cc1. The van der Waals surface area contributed by atoms with Crippen LogP contribution in [0.4, 0.5) is 0 Å².